The summed E-state index contributed by atoms with van der Waals surface area (Å²) in [6.45, 7) is 2.55. The van der Waals surface area contributed by atoms with Gasteiger partial charge in [0.1, 0.15) is 11.9 Å². The molecule has 26 heavy (non-hydrogen) atoms. The van der Waals surface area contributed by atoms with Crippen LogP contribution in [0.25, 0.3) is 10.4 Å². The second-order valence-corrected chi connectivity index (χ2v) is 5.91. The van der Waals surface area contributed by atoms with E-state index in [1.54, 1.807) is 6.07 Å². The molecule has 7 heteroatoms. The zero-order valence-electron chi connectivity index (χ0n) is 14.4. The fraction of sp³-hybridized carbons (Fsp3) is 0.316. The van der Waals surface area contributed by atoms with Crippen LogP contribution in [-0.2, 0) is 4.74 Å². The summed E-state index contributed by atoms with van der Waals surface area (Å²) in [5.74, 6) is 1.29. The van der Waals surface area contributed by atoms with E-state index in [1.165, 1.54) is 0 Å². The molecule has 1 aliphatic rings. The number of nitrogens with zero attached hydrogens (tertiary/aromatic N) is 4. The summed E-state index contributed by atoms with van der Waals surface area (Å²) >= 11 is 0. The number of rotatable bonds is 7. The van der Waals surface area contributed by atoms with Crippen molar-refractivity contribution in [3.8, 4) is 5.75 Å². The highest BCUT2D eigenvalue weighted by Crippen LogP contribution is 2.36. The highest BCUT2D eigenvalue weighted by molar-refractivity contribution is 5.95. The number of aliphatic imine (C=N–C) groups is 1. The first-order valence-corrected chi connectivity index (χ1v) is 8.45. The van der Waals surface area contributed by atoms with Gasteiger partial charge >= 0.3 is 0 Å². The summed E-state index contributed by atoms with van der Waals surface area (Å²) in [7, 11) is 0. The van der Waals surface area contributed by atoms with Crippen molar-refractivity contribution in [3.05, 3.63) is 70.1 Å². The van der Waals surface area contributed by atoms with Gasteiger partial charge in [-0.25, -0.2) is 4.99 Å². The van der Waals surface area contributed by atoms with Crippen LogP contribution >= 0.6 is 0 Å². The Morgan fingerprint density at radius 3 is 2.73 bits per heavy atom. The molecule has 3 rings (SSSR count). The SMILES string of the molecule is C[C@H]1N=C(c2ccc(OCCCO)cc2)O[C@@H]1c1ccccc1N=[N+]=[N-]. The average molecular weight is 352 g/mol. The lowest BCUT2D eigenvalue weighted by atomic mass is 10.0. The number of aliphatic hydroxyl groups is 1. The van der Waals surface area contributed by atoms with Gasteiger partial charge in [0.2, 0.25) is 5.90 Å². The Kier molecular flexibility index (Phi) is 5.73. The molecule has 2 atom stereocenters. The van der Waals surface area contributed by atoms with Gasteiger partial charge in [0.15, 0.2) is 0 Å². The van der Waals surface area contributed by atoms with Crippen molar-refractivity contribution in [1.29, 1.82) is 0 Å². The average Bonchev–Trinajstić information content (AvgIpc) is 3.05. The molecule has 0 unspecified atom stereocenters. The van der Waals surface area contributed by atoms with Gasteiger partial charge < -0.3 is 14.6 Å². The van der Waals surface area contributed by atoms with E-state index < -0.39 is 0 Å². The molecule has 2 aromatic rings. The van der Waals surface area contributed by atoms with Gasteiger partial charge in [0, 0.05) is 34.8 Å². The van der Waals surface area contributed by atoms with Crippen molar-refractivity contribution in [2.45, 2.75) is 25.5 Å². The van der Waals surface area contributed by atoms with Crippen LogP contribution in [0.1, 0.15) is 30.6 Å². The first-order chi connectivity index (χ1) is 12.7. The maximum Gasteiger partial charge on any atom is 0.217 e. The molecule has 0 saturated carbocycles. The molecule has 1 heterocycles. The molecule has 0 fully saturated rings. The van der Waals surface area contributed by atoms with Gasteiger partial charge in [0.05, 0.1) is 12.6 Å². The molecule has 0 radical (unpaired) electrons. The Labute approximate surface area is 151 Å². The predicted octanol–water partition coefficient (Wildman–Crippen LogP) is 4.30. The molecule has 0 bridgehead atoms. The Hall–Kier alpha value is -3.02. The van der Waals surface area contributed by atoms with Crippen LogP contribution in [0.5, 0.6) is 5.75 Å². The molecule has 0 aromatic heterocycles. The Bertz CT molecular complexity index is 829. The van der Waals surface area contributed by atoms with Crippen LogP contribution in [0.15, 0.2) is 58.6 Å². The monoisotopic (exact) mass is 352 g/mol. The minimum absolute atomic E-state index is 0.0967. The largest absolute Gasteiger partial charge is 0.494 e. The number of ether oxygens (including phenoxy) is 2. The number of azide groups is 1. The van der Waals surface area contributed by atoms with Crippen LogP contribution < -0.4 is 4.74 Å². The summed E-state index contributed by atoms with van der Waals surface area (Å²) in [6, 6.07) is 14.8. The van der Waals surface area contributed by atoms with Crippen molar-refractivity contribution in [2.75, 3.05) is 13.2 Å². The van der Waals surface area contributed by atoms with E-state index >= 15 is 0 Å². The van der Waals surface area contributed by atoms with Gasteiger partial charge in [-0.2, -0.15) is 0 Å². The van der Waals surface area contributed by atoms with E-state index in [0.29, 0.717) is 24.6 Å². The lowest BCUT2D eigenvalue weighted by Gasteiger charge is -2.17. The molecular formula is C19H20N4O3. The van der Waals surface area contributed by atoms with E-state index in [1.807, 2.05) is 49.4 Å². The van der Waals surface area contributed by atoms with E-state index in [0.717, 1.165) is 16.9 Å². The second-order valence-electron chi connectivity index (χ2n) is 5.91. The van der Waals surface area contributed by atoms with E-state index in [4.69, 9.17) is 20.1 Å². The minimum atomic E-state index is -0.299. The van der Waals surface area contributed by atoms with Gasteiger partial charge in [-0.05, 0) is 36.7 Å². The quantitative estimate of drug-likeness (QED) is 0.348. The van der Waals surface area contributed by atoms with Crippen LogP contribution in [0.4, 0.5) is 5.69 Å². The number of aliphatic hydroxyl groups excluding tert-OH is 1. The summed E-state index contributed by atoms with van der Waals surface area (Å²) < 4.78 is 11.6. The lowest BCUT2D eigenvalue weighted by Crippen LogP contribution is -2.11. The number of hydrogen-bond acceptors (Lipinski definition) is 5. The van der Waals surface area contributed by atoms with Gasteiger partial charge in [-0.15, -0.1) is 0 Å². The smallest absolute Gasteiger partial charge is 0.217 e. The van der Waals surface area contributed by atoms with Crippen LogP contribution in [0.3, 0.4) is 0 Å². The molecule has 1 N–H and O–H groups in total. The molecule has 0 spiro atoms. The number of hydrogen-bond donors (Lipinski definition) is 1. The molecule has 1 aliphatic heterocycles. The summed E-state index contributed by atoms with van der Waals surface area (Å²) in [5.41, 5.74) is 11.0. The van der Waals surface area contributed by atoms with E-state index in [-0.39, 0.29) is 18.8 Å². The first kappa shape index (κ1) is 17.8. The van der Waals surface area contributed by atoms with Crippen LogP contribution in [0, 0.1) is 0 Å². The molecule has 2 aromatic carbocycles. The van der Waals surface area contributed by atoms with Crippen molar-refractivity contribution in [3.63, 3.8) is 0 Å². The fourth-order valence-corrected chi connectivity index (χ4v) is 2.78. The van der Waals surface area contributed by atoms with Crippen LogP contribution in [-0.4, -0.2) is 30.3 Å². The molecule has 0 amide bonds. The van der Waals surface area contributed by atoms with E-state index in [2.05, 4.69) is 15.0 Å². The zero-order chi connectivity index (χ0) is 18.4. The standard InChI is InChI=1S/C19H20N4O3/c1-13-18(16-5-2-3-6-17(16)22-23-20)26-19(21-13)14-7-9-15(10-8-14)25-12-4-11-24/h2-3,5-10,13,18,24H,4,11-12H2,1H3/t13-,18+/m1/s1. The Morgan fingerprint density at radius 1 is 1.23 bits per heavy atom. The first-order valence-electron chi connectivity index (χ1n) is 8.45. The predicted molar refractivity (Wildman–Crippen MR) is 98.7 cm³/mol. The molecule has 7 nitrogen and oxygen atoms in total. The second kappa shape index (κ2) is 8.38. The Morgan fingerprint density at radius 2 is 2.00 bits per heavy atom. The van der Waals surface area contributed by atoms with Gasteiger partial charge in [0.25, 0.3) is 0 Å². The molecular weight excluding hydrogens is 332 g/mol. The van der Waals surface area contributed by atoms with Crippen molar-refractivity contribution < 1.29 is 14.6 Å². The Balaban J connectivity index is 1.74. The van der Waals surface area contributed by atoms with Crippen molar-refractivity contribution in [1.82, 2.24) is 0 Å². The third-order valence-electron chi connectivity index (χ3n) is 4.07. The highest BCUT2D eigenvalue weighted by Gasteiger charge is 2.31. The molecule has 0 saturated heterocycles. The van der Waals surface area contributed by atoms with Crippen molar-refractivity contribution >= 4 is 11.6 Å². The van der Waals surface area contributed by atoms with E-state index in [9.17, 15) is 0 Å². The zero-order valence-corrected chi connectivity index (χ0v) is 14.4. The van der Waals surface area contributed by atoms with Crippen LogP contribution in [0.2, 0.25) is 0 Å². The minimum Gasteiger partial charge on any atom is -0.494 e. The van der Waals surface area contributed by atoms with Gasteiger partial charge in [-0.3, -0.25) is 0 Å². The number of benzene rings is 2. The fourth-order valence-electron chi connectivity index (χ4n) is 2.78. The third kappa shape index (κ3) is 3.96. The lowest BCUT2D eigenvalue weighted by molar-refractivity contribution is 0.203. The molecule has 0 aliphatic carbocycles. The summed E-state index contributed by atoms with van der Waals surface area (Å²) in [6.07, 6.45) is 0.300. The maximum atomic E-state index is 8.79. The van der Waals surface area contributed by atoms with Gasteiger partial charge in [-0.1, -0.05) is 29.4 Å². The third-order valence-corrected chi connectivity index (χ3v) is 4.07. The normalized spacial score (nSPS) is 18.6. The summed E-state index contributed by atoms with van der Waals surface area (Å²) in [5, 5.41) is 12.5. The maximum absolute atomic E-state index is 8.79. The highest BCUT2D eigenvalue weighted by atomic mass is 16.5. The topological polar surface area (TPSA) is 99.8 Å². The summed E-state index contributed by atoms with van der Waals surface area (Å²) in [4.78, 5) is 7.49. The molecule has 134 valence electrons. The van der Waals surface area contributed by atoms with Crippen molar-refractivity contribution in [2.24, 2.45) is 10.1 Å².